The first kappa shape index (κ1) is 29.1. The van der Waals surface area contributed by atoms with Crippen LogP contribution in [0, 0.1) is 0 Å². The normalized spacial score (nSPS) is 14.7. The molecule has 0 bridgehead atoms. The number of hydrogen-bond donors (Lipinski definition) is 0. The lowest BCUT2D eigenvalue weighted by atomic mass is 9.81. The average molecular weight is 644 g/mol. The molecular formula is C48H37NO. The lowest BCUT2D eigenvalue weighted by molar-refractivity contribution is 0.660. The average Bonchev–Trinajstić information content (AvgIpc) is 3.72. The first-order valence-corrected chi connectivity index (χ1v) is 17.6. The highest BCUT2D eigenvalue weighted by Gasteiger charge is 2.40. The van der Waals surface area contributed by atoms with Gasteiger partial charge in [-0.05, 0) is 104 Å². The van der Waals surface area contributed by atoms with E-state index >= 15 is 0 Å². The van der Waals surface area contributed by atoms with E-state index in [9.17, 15) is 0 Å². The maximum Gasteiger partial charge on any atom is 0.135 e. The molecule has 50 heavy (non-hydrogen) atoms. The van der Waals surface area contributed by atoms with Crippen LogP contribution in [0.2, 0.25) is 0 Å². The van der Waals surface area contributed by atoms with Crippen LogP contribution in [0.15, 0.2) is 156 Å². The molecule has 0 saturated carbocycles. The number of hydrogen-bond acceptors (Lipinski definition) is 2. The van der Waals surface area contributed by atoms with Gasteiger partial charge in [-0.1, -0.05) is 131 Å². The third-order valence-electron chi connectivity index (χ3n) is 11.4. The zero-order chi connectivity index (χ0) is 33.8. The van der Waals surface area contributed by atoms with Crippen molar-refractivity contribution < 1.29 is 4.42 Å². The van der Waals surface area contributed by atoms with Gasteiger partial charge in [0.25, 0.3) is 0 Å². The van der Waals surface area contributed by atoms with Crippen molar-refractivity contribution in [2.45, 2.75) is 38.5 Å². The summed E-state index contributed by atoms with van der Waals surface area (Å²) >= 11 is 0. The molecule has 240 valence electrons. The van der Waals surface area contributed by atoms with Crippen LogP contribution in [-0.2, 0) is 10.8 Å². The minimum Gasteiger partial charge on any atom is -0.456 e. The molecule has 0 fully saturated rings. The number of para-hydroxylation sites is 1. The molecule has 0 radical (unpaired) electrons. The quantitative estimate of drug-likeness (QED) is 0.190. The fourth-order valence-electron chi connectivity index (χ4n) is 9.01. The van der Waals surface area contributed by atoms with Crippen LogP contribution in [-0.4, -0.2) is 0 Å². The molecule has 1 heterocycles. The van der Waals surface area contributed by atoms with Crippen molar-refractivity contribution in [3.63, 3.8) is 0 Å². The molecule has 0 amide bonds. The van der Waals surface area contributed by atoms with Gasteiger partial charge in [-0.15, -0.1) is 0 Å². The summed E-state index contributed by atoms with van der Waals surface area (Å²) in [6.45, 7) is 9.45. The monoisotopic (exact) mass is 643 g/mol. The van der Waals surface area contributed by atoms with Gasteiger partial charge < -0.3 is 9.32 Å². The van der Waals surface area contributed by atoms with E-state index in [1.54, 1.807) is 0 Å². The van der Waals surface area contributed by atoms with Crippen LogP contribution in [0.4, 0.5) is 17.1 Å². The van der Waals surface area contributed by atoms with Gasteiger partial charge in [0, 0.05) is 33.0 Å². The van der Waals surface area contributed by atoms with Gasteiger partial charge in [-0.3, -0.25) is 0 Å². The highest BCUT2D eigenvalue weighted by Crippen LogP contribution is 2.55. The van der Waals surface area contributed by atoms with Gasteiger partial charge in [0.05, 0.1) is 5.69 Å². The van der Waals surface area contributed by atoms with E-state index in [-0.39, 0.29) is 10.8 Å². The number of rotatable bonds is 4. The van der Waals surface area contributed by atoms with Crippen LogP contribution in [0.5, 0.6) is 0 Å². The van der Waals surface area contributed by atoms with E-state index in [1.165, 1.54) is 61.3 Å². The molecule has 1 aromatic heterocycles. The third kappa shape index (κ3) is 4.02. The molecule has 0 aliphatic heterocycles. The third-order valence-corrected chi connectivity index (χ3v) is 11.4. The molecule has 0 spiro atoms. The highest BCUT2D eigenvalue weighted by atomic mass is 16.3. The molecule has 8 aromatic rings. The molecule has 2 aliphatic rings. The van der Waals surface area contributed by atoms with Crippen LogP contribution in [0.3, 0.4) is 0 Å². The van der Waals surface area contributed by atoms with Crippen molar-refractivity contribution in [3.05, 3.63) is 174 Å². The van der Waals surface area contributed by atoms with Crippen molar-refractivity contribution in [1.29, 1.82) is 0 Å². The van der Waals surface area contributed by atoms with Crippen molar-refractivity contribution in [1.82, 2.24) is 0 Å². The van der Waals surface area contributed by atoms with E-state index in [2.05, 4.69) is 172 Å². The number of anilines is 3. The van der Waals surface area contributed by atoms with Gasteiger partial charge in [-0.2, -0.15) is 0 Å². The zero-order valence-corrected chi connectivity index (χ0v) is 28.8. The zero-order valence-electron chi connectivity index (χ0n) is 28.8. The Morgan fingerprint density at radius 1 is 0.420 bits per heavy atom. The van der Waals surface area contributed by atoms with Crippen molar-refractivity contribution in [2.75, 3.05) is 4.90 Å². The van der Waals surface area contributed by atoms with Gasteiger partial charge in [-0.25, -0.2) is 0 Å². The number of furan rings is 1. The molecule has 10 rings (SSSR count). The Balaban J connectivity index is 1.20. The number of benzene rings is 7. The summed E-state index contributed by atoms with van der Waals surface area (Å²) in [6, 6.07) is 55.7. The fourth-order valence-corrected chi connectivity index (χ4v) is 9.01. The predicted octanol–water partition coefficient (Wildman–Crippen LogP) is 13.3. The summed E-state index contributed by atoms with van der Waals surface area (Å²) in [7, 11) is 0. The summed E-state index contributed by atoms with van der Waals surface area (Å²) in [5.41, 5.74) is 18.2. The minimum atomic E-state index is -0.170. The SMILES string of the molecule is CC1(C)c2ccccc2-c2cc(N(c3cccc(-c4ccc5oc6ccccc6c5c4)c3)c3cccc4c3C(C)(C)c3ccccc3-4)ccc21. The lowest BCUT2D eigenvalue weighted by Gasteiger charge is -2.33. The van der Waals surface area contributed by atoms with Crippen LogP contribution < -0.4 is 4.90 Å². The maximum absolute atomic E-state index is 6.18. The summed E-state index contributed by atoms with van der Waals surface area (Å²) in [5, 5.41) is 2.28. The number of fused-ring (bicyclic) bond motifs is 9. The molecule has 2 heteroatoms. The minimum absolute atomic E-state index is 0.0528. The van der Waals surface area contributed by atoms with Gasteiger partial charge in [0.15, 0.2) is 0 Å². The van der Waals surface area contributed by atoms with E-state index < -0.39 is 0 Å². The largest absolute Gasteiger partial charge is 0.456 e. The molecule has 2 aliphatic carbocycles. The second kappa shape index (κ2) is 10.3. The Kier molecular flexibility index (Phi) is 6.01. The molecule has 0 unspecified atom stereocenters. The molecule has 0 N–H and O–H groups in total. The Bertz CT molecular complexity index is 2670. The van der Waals surface area contributed by atoms with Gasteiger partial charge >= 0.3 is 0 Å². The summed E-state index contributed by atoms with van der Waals surface area (Å²) in [5.74, 6) is 0. The fraction of sp³-hybridized carbons (Fsp3) is 0.125. The van der Waals surface area contributed by atoms with E-state index in [4.69, 9.17) is 4.42 Å². The lowest BCUT2D eigenvalue weighted by Crippen LogP contribution is -2.21. The predicted molar refractivity (Wildman–Crippen MR) is 209 cm³/mol. The Hall–Kier alpha value is -5.86. The van der Waals surface area contributed by atoms with Gasteiger partial charge in [0.2, 0.25) is 0 Å². The van der Waals surface area contributed by atoms with Crippen LogP contribution in [0.25, 0.3) is 55.3 Å². The van der Waals surface area contributed by atoms with E-state index in [0.29, 0.717) is 0 Å². The molecule has 2 nitrogen and oxygen atoms in total. The maximum atomic E-state index is 6.18. The standard InChI is InChI=1S/C48H37NO/c1-47(2)40-19-8-6-16-35(40)38-29-33(24-25-42(38)47)49(43-21-12-18-37-34-15-5-9-20-41(34)48(3,4)46(37)43)32-14-11-13-30(27-32)31-23-26-45-39(28-31)36-17-7-10-22-44(36)50-45/h5-29H,1-4H3. The van der Waals surface area contributed by atoms with E-state index in [1.807, 2.05) is 12.1 Å². The van der Waals surface area contributed by atoms with Gasteiger partial charge in [0.1, 0.15) is 11.2 Å². The van der Waals surface area contributed by atoms with Crippen molar-refractivity contribution >= 4 is 39.0 Å². The molecule has 0 saturated heterocycles. The summed E-state index contributed by atoms with van der Waals surface area (Å²) in [4.78, 5) is 2.50. The Morgan fingerprint density at radius 3 is 1.88 bits per heavy atom. The first-order chi connectivity index (χ1) is 24.3. The van der Waals surface area contributed by atoms with Crippen LogP contribution >= 0.6 is 0 Å². The summed E-state index contributed by atoms with van der Waals surface area (Å²) < 4.78 is 6.18. The van der Waals surface area contributed by atoms with Crippen molar-refractivity contribution in [2.24, 2.45) is 0 Å². The second-order valence-corrected chi connectivity index (χ2v) is 15.0. The summed E-state index contributed by atoms with van der Waals surface area (Å²) in [6.07, 6.45) is 0. The molecule has 0 atom stereocenters. The van der Waals surface area contributed by atoms with Crippen LogP contribution in [0.1, 0.15) is 49.9 Å². The highest BCUT2D eigenvalue weighted by molar-refractivity contribution is 6.06. The topological polar surface area (TPSA) is 16.4 Å². The molecule has 7 aromatic carbocycles. The Morgan fingerprint density at radius 2 is 1.04 bits per heavy atom. The van der Waals surface area contributed by atoms with E-state index in [0.717, 1.165) is 33.3 Å². The first-order valence-electron chi connectivity index (χ1n) is 17.6. The molecular weight excluding hydrogens is 607 g/mol. The Labute approximate surface area is 293 Å². The number of nitrogens with zero attached hydrogens (tertiary/aromatic N) is 1. The second-order valence-electron chi connectivity index (χ2n) is 15.0. The smallest absolute Gasteiger partial charge is 0.135 e. The van der Waals surface area contributed by atoms with Crippen molar-refractivity contribution in [3.8, 4) is 33.4 Å².